The summed E-state index contributed by atoms with van der Waals surface area (Å²) in [4.78, 5) is 5.59. The summed E-state index contributed by atoms with van der Waals surface area (Å²) in [5, 5.41) is 0. The zero-order valence-electron chi connectivity index (χ0n) is 10.6. The topological polar surface area (TPSA) is 22.1 Å². The second kappa shape index (κ2) is 6.66. The summed E-state index contributed by atoms with van der Waals surface area (Å²) in [6.07, 6.45) is 1.97. The molecule has 3 heteroatoms. The van der Waals surface area contributed by atoms with E-state index in [1.54, 1.807) is 11.3 Å². The normalized spacial score (nSPS) is 12.6. The van der Waals surface area contributed by atoms with E-state index < -0.39 is 0 Å². The first kappa shape index (κ1) is 13.2. The zero-order chi connectivity index (χ0) is 12.8. The fourth-order valence-electron chi connectivity index (χ4n) is 1.73. The molecule has 1 unspecified atom stereocenters. The van der Waals surface area contributed by atoms with E-state index in [9.17, 15) is 0 Å². The lowest BCUT2D eigenvalue weighted by Gasteiger charge is -2.12. The Kier molecular flexibility index (Phi) is 4.90. The summed E-state index contributed by atoms with van der Waals surface area (Å²) < 4.78 is 5.74. The summed E-state index contributed by atoms with van der Waals surface area (Å²) in [6.45, 7) is 6.73. The number of aryl methyl sites for hydroxylation is 2. The van der Waals surface area contributed by atoms with Crippen LogP contribution in [0.5, 0.6) is 0 Å². The molecular formula is C15H18NOS. The van der Waals surface area contributed by atoms with Crippen molar-refractivity contribution >= 4 is 11.3 Å². The van der Waals surface area contributed by atoms with E-state index in [1.807, 2.05) is 23.7 Å². The van der Waals surface area contributed by atoms with Gasteiger partial charge in [-0.15, -0.1) is 11.3 Å². The molecule has 0 aliphatic carbocycles. The number of thiazole rings is 1. The smallest absolute Gasteiger partial charge is 0.0797 e. The van der Waals surface area contributed by atoms with Gasteiger partial charge >= 0.3 is 0 Å². The second-order valence-electron chi connectivity index (χ2n) is 4.32. The molecule has 2 nitrogen and oxygen atoms in total. The number of ether oxygens (including phenoxy) is 1. The Morgan fingerprint density at radius 1 is 1.33 bits per heavy atom. The molecule has 0 spiro atoms. The molecule has 0 amide bonds. The Labute approximate surface area is 113 Å². The SMILES string of the molecule is [CH2]C(CCc1scnc1C)OCc1ccccc1. The summed E-state index contributed by atoms with van der Waals surface area (Å²) in [7, 11) is 0. The highest BCUT2D eigenvalue weighted by atomic mass is 32.1. The fraction of sp³-hybridized carbons (Fsp3) is 0.333. The largest absolute Gasteiger partial charge is 0.374 e. The molecule has 0 bridgehead atoms. The zero-order valence-corrected chi connectivity index (χ0v) is 11.5. The summed E-state index contributed by atoms with van der Waals surface area (Å²) in [6, 6.07) is 10.2. The molecule has 0 saturated carbocycles. The van der Waals surface area contributed by atoms with Crippen molar-refractivity contribution in [2.24, 2.45) is 0 Å². The van der Waals surface area contributed by atoms with Crippen LogP contribution in [0, 0.1) is 13.8 Å². The van der Waals surface area contributed by atoms with Crippen LogP contribution < -0.4 is 0 Å². The molecule has 1 heterocycles. The third-order valence-electron chi connectivity index (χ3n) is 2.87. The molecule has 2 aromatic rings. The predicted molar refractivity (Wildman–Crippen MR) is 75.5 cm³/mol. The van der Waals surface area contributed by atoms with Crippen molar-refractivity contribution < 1.29 is 4.74 Å². The minimum absolute atomic E-state index is 0.0340. The average Bonchev–Trinajstić information content (AvgIpc) is 2.81. The van der Waals surface area contributed by atoms with Crippen LogP contribution in [0.4, 0.5) is 0 Å². The molecule has 0 N–H and O–H groups in total. The average molecular weight is 260 g/mol. The van der Waals surface area contributed by atoms with Crippen molar-refractivity contribution in [3.8, 4) is 0 Å². The molecule has 0 saturated heterocycles. The molecular weight excluding hydrogens is 242 g/mol. The maximum absolute atomic E-state index is 5.74. The number of nitrogens with zero attached hydrogens (tertiary/aromatic N) is 1. The Balaban J connectivity index is 1.73. The van der Waals surface area contributed by atoms with E-state index in [0.29, 0.717) is 6.61 Å². The number of hydrogen-bond donors (Lipinski definition) is 0. The lowest BCUT2D eigenvalue weighted by Crippen LogP contribution is -2.09. The van der Waals surface area contributed by atoms with Gasteiger partial charge in [0, 0.05) is 4.88 Å². The molecule has 1 aromatic heterocycles. The van der Waals surface area contributed by atoms with Crippen molar-refractivity contribution in [1.82, 2.24) is 4.98 Å². The van der Waals surface area contributed by atoms with E-state index in [4.69, 9.17) is 4.74 Å². The van der Waals surface area contributed by atoms with Gasteiger partial charge in [-0.3, -0.25) is 0 Å². The quantitative estimate of drug-likeness (QED) is 0.788. The molecule has 1 atom stereocenters. The monoisotopic (exact) mass is 260 g/mol. The van der Waals surface area contributed by atoms with Crippen molar-refractivity contribution in [3.05, 3.63) is 58.9 Å². The summed E-state index contributed by atoms with van der Waals surface area (Å²) in [5.41, 5.74) is 4.23. The Bertz CT molecular complexity index is 466. The van der Waals surface area contributed by atoms with Gasteiger partial charge in [-0.05, 0) is 32.3 Å². The number of aromatic nitrogens is 1. The van der Waals surface area contributed by atoms with E-state index in [0.717, 1.165) is 18.5 Å². The van der Waals surface area contributed by atoms with Crippen LogP contribution in [-0.4, -0.2) is 11.1 Å². The van der Waals surface area contributed by atoms with E-state index in [1.165, 1.54) is 10.4 Å². The van der Waals surface area contributed by atoms with Gasteiger partial charge in [0.1, 0.15) is 0 Å². The van der Waals surface area contributed by atoms with E-state index in [-0.39, 0.29) is 6.10 Å². The van der Waals surface area contributed by atoms with Crippen molar-refractivity contribution in [2.45, 2.75) is 32.5 Å². The van der Waals surface area contributed by atoms with Crippen LogP contribution in [0.25, 0.3) is 0 Å². The van der Waals surface area contributed by atoms with Gasteiger partial charge in [-0.1, -0.05) is 30.3 Å². The maximum atomic E-state index is 5.74. The van der Waals surface area contributed by atoms with Crippen molar-refractivity contribution in [2.75, 3.05) is 0 Å². The fourth-order valence-corrected chi connectivity index (χ4v) is 2.53. The molecule has 1 radical (unpaired) electrons. The molecule has 2 rings (SSSR count). The first-order valence-electron chi connectivity index (χ1n) is 6.13. The van der Waals surface area contributed by atoms with Crippen LogP contribution in [0.15, 0.2) is 35.8 Å². The highest BCUT2D eigenvalue weighted by Crippen LogP contribution is 2.16. The third kappa shape index (κ3) is 3.93. The van der Waals surface area contributed by atoms with Gasteiger partial charge in [-0.2, -0.15) is 0 Å². The van der Waals surface area contributed by atoms with Crippen molar-refractivity contribution in [1.29, 1.82) is 0 Å². The standard InChI is InChI=1S/C15H18NOS/c1-12(8-9-15-13(2)16-11-18-15)17-10-14-6-4-3-5-7-14/h3-7,11-12H,1,8-10H2,2H3. The third-order valence-corrected chi connectivity index (χ3v) is 3.86. The first-order valence-corrected chi connectivity index (χ1v) is 7.01. The van der Waals surface area contributed by atoms with E-state index >= 15 is 0 Å². The minimum Gasteiger partial charge on any atom is -0.374 e. The van der Waals surface area contributed by atoms with Gasteiger partial charge in [0.15, 0.2) is 0 Å². The molecule has 18 heavy (non-hydrogen) atoms. The molecule has 0 aliphatic rings. The van der Waals surface area contributed by atoms with Crippen LogP contribution in [-0.2, 0) is 17.8 Å². The number of hydrogen-bond acceptors (Lipinski definition) is 3. The number of rotatable bonds is 6. The van der Waals surface area contributed by atoms with Crippen LogP contribution in [0.2, 0.25) is 0 Å². The van der Waals surface area contributed by atoms with Crippen LogP contribution in [0.3, 0.4) is 0 Å². The first-order chi connectivity index (χ1) is 8.75. The summed E-state index contributed by atoms with van der Waals surface area (Å²) >= 11 is 1.71. The van der Waals surface area contributed by atoms with Crippen LogP contribution in [0.1, 0.15) is 22.6 Å². The number of benzene rings is 1. The Morgan fingerprint density at radius 2 is 2.11 bits per heavy atom. The van der Waals surface area contributed by atoms with Crippen molar-refractivity contribution in [3.63, 3.8) is 0 Å². The second-order valence-corrected chi connectivity index (χ2v) is 5.26. The highest BCUT2D eigenvalue weighted by Gasteiger charge is 2.06. The Hall–Kier alpha value is -1.19. The lowest BCUT2D eigenvalue weighted by molar-refractivity contribution is 0.0650. The lowest BCUT2D eigenvalue weighted by atomic mass is 10.2. The molecule has 1 aromatic carbocycles. The predicted octanol–water partition coefficient (Wildman–Crippen LogP) is 3.80. The highest BCUT2D eigenvalue weighted by molar-refractivity contribution is 7.09. The van der Waals surface area contributed by atoms with Gasteiger partial charge in [0.2, 0.25) is 0 Å². The summed E-state index contributed by atoms with van der Waals surface area (Å²) in [5.74, 6) is 0. The van der Waals surface area contributed by atoms with E-state index in [2.05, 4.69) is 31.0 Å². The van der Waals surface area contributed by atoms with Gasteiger partial charge < -0.3 is 4.74 Å². The van der Waals surface area contributed by atoms with Crippen LogP contribution >= 0.6 is 11.3 Å². The molecule has 0 fully saturated rings. The van der Waals surface area contributed by atoms with Gasteiger partial charge in [0.25, 0.3) is 0 Å². The minimum atomic E-state index is 0.0340. The Morgan fingerprint density at radius 3 is 2.78 bits per heavy atom. The van der Waals surface area contributed by atoms with Gasteiger partial charge in [-0.25, -0.2) is 4.98 Å². The maximum Gasteiger partial charge on any atom is 0.0797 e. The molecule has 0 aliphatic heterocycles. The molecule has 95 valence electrons. The van der Waals surface area contributed by atoms with Gasteiger partial charge in [0.05, 0.1) is 23.9 Å².